The van der Waals surface area contributed by atoms with Crippen molar-refractivity contribution in [2.75, 3.05) is 51.2 Å². The van der Waals surface area contributed by atoms with Gasteiger partial charge >= 0.3 is 0 Å². The van der Waals surface area contributed by atoms with Gasteiger partial charge in [0.2, 0.25) is 5.13 Å². The molecule has 0 spiro atoms. The molecule has 2 fully saturated rings. The van der Waals surface area contributed by atoms with Gasteiger partial charge in [-0.2, -0.15) is 4.37 Å². The molecule has 1 N–H and O–H groups in total. The lowest BCUT2D eigenvalue weighted by atomic mass is 10.3. The van der Waals surface area contributed by atoms with Crippen LogP contribution in [0.2, 0.25) is 0 Å². The third-order valence-electron chi connectivity index (χ3n) is 5.28. The van der Waals surface area contributed by atoms with E-state index in [9.17, 15) is 0 Å². The molecular formula is C18H34IN7S. The Kier molecular flexibility index (Phi) is 9.00. The Hall–Kier alpha value is -0.680. The number of guanidine groups is 1. The van der Waals surface area contributed by atoms with E-state index in [1.54, 1.807) is 0 Å². The van der Waals surface area contributed by atoms with Gasteiger partial charge in [0, 0.05) is 62.8 Å². The van der Waals surface area contributed by atoms with E-state index in [1.165, 1.54) is 24.4 Å². The lowest BCUT2D eigenvalue weighted by Crippen LogP contribution is -2.53. The molecule has 1 atom stereocenters. The summed E-state index contributed by atoms with van der Waals surface area (Å²) in [4.78, 5) is 16.8. The van der Waals surface area contributed by atoms with Crippen LogP contribution in [0.15, 0.2) is 4.99 Å². The molecular weight excluding hydrogens is 473 g/mol. The van der Waals surface area contributed by atoms with Gasteiger partial charge in [-0.15, -0.1) is 24.0 Å². The van der Waals surface area contributed by atoms with Crippen LogP contribution in [0.25, 0.3) is 0 Å². The van der Waals surface area contributed by atoms with Crippen molar-refractivity contribution in [3.63, 3.8) is 0 Å². The smallest absolute Gasteiger partial charge is 0.205 e. The molecule has 1 aromatic heterocycles. The second kappa shape index (κ2) is 10.8. The van der Waals surface area contributed by atoms with E-state index in [4.69, 9.17) is 4.99 Å². The summed E-state index contributed by atoms with van der Waals surface area (Å²) in [6.07, 6.45) is 3.59. The van der Waals surface area contributed by atoms with Crippen molar-refractivity contribution in [3.8, 4) is 0 Å². The fraction of sp³-hybridized carbons (Fsp3) is 0.833. The van der Waals surface area contributed by atoms with Crippen LogP contribution in [0.1, 0.15) is 39.4 Å². The quantitative estimate of drug-likeness (QED) is 0.347. The number of rotatable bonds is 7. The summed E-state index contributed by atoms with van der Waals surface area (Å²) in [6, 6.07) is 1.28. The summed E-state index contributed by atoms with van der Waals surface area (Å²) in [5, 5.41) is 4.53. The zero-order valence-corrected chi connectivity index (χ0v) is 20.2. The van der Waals surface area contributed by atoms with Crippen molar-refractivity contribution in [2.45, 2.75) is 52.1 Å². The molecule has 1 saturated heterocycles. The maximum Gasteiger partial charge on any atom is 0.205 e. The second-order valence-electron chi connectivity index (χ2n) is 7.26. The van der Waals surface area contributed by atoms with Crippen molar-refractivity contribution in [1.82, 2.24) is 24.5 Å². The third kappa shape index (κ3) is 6.15. The molecule has 27 heavy (non-hydrogen) atoms. The Morgan fingerprint density at radius 2 is 2.00 bits per heavy atom. The Morgan fingerprint density at radius 3 is 2.56 bits per heavy atom. The molecule has 0 aromatic carbocycles. The SMILES string of the molecule is CCNC(=NCC(C)N(C)C1CC1)N1CCN(c2nc(CC)ns2)CC1.I. The van der Waals surface area contributed by atoms with Crippen molar-refractivity contribution in [1.29, 1.82) is 0 Å². The predicted molar refractivity (Wildman–Crippen MR) is 125 cm³/mol. The fourth-order valence-electron chi connectivity index (χ4n) is 3.24. The molecule has 1 aliphatic heterocycles. The Labute approximate surface area is 184 Å². The number of anilines is 1. The zero-order valence-electron chi connectivity index (χ0n) is 17.0. The highest BCUT2D eigenvalue weighted by molar-refractivity contribution is 14.0. The first-order valence-electron chi connectivity index (χ1n) is 9.95. The summed E-state index contributed by atoms with van der Waals surface area (Å²) >= 11 is 1.52. The number of nitrogens with zero attached hydrogens (tertiary/aromatic N) is 6. The van der Waals surface area contributed by atoms with Crippen LogP contribution in [0.3, 0.4) is 0 Å². The van der Waals surface area contributed by atoms with Crippen LogP contribution in [-0.4, -0.2) is 83.5 Å². The molecule has 0 amide bonds. The number of hydrogen-bond donors (Lipinski definition) is 1. The molecule has 2 heterocycles. The molecule has 1 unspecified atom stereocenters. The maximum atomic E-state index is 4.93. The molecule has 1 saturated carbocycles. The van der Waals surface area contributed by atoms with Gasteiger partial charge in [0.1, 0.15) is 5.82 Å². The van der Waals surface area contributed by atoms with E-state index < -0.39 is 0 Å². The summed E-state index contributed by atoms with van der Waals surface area (Å²) in [6.45, 7) is 12.2. The summed E-state index contributed by atoms with van der Waals surface area (Å²) in [7, 11) is 2.23. The van der Waals surface area contributed by atoms with Gasteiger partial charge < -0.3 is 15.1 Å². The van der Waals surface area contributed by atoms with Crippen LogP contribution in [0.4, 0.5) is 5.13 Å². The van der Waals surface area contributed by atoms with Crippen molar-refractivity contribution in [2.24, 2.45) is 4.99 Å². The van der Waals surface area contributed by atoms with Gasteiger partial charge in [-0.3, -0.25) is 9.89 Å². The Balaban J connectivity index is 0.00000261. The molecule has 2 aliphatic rings. The van der Waals surface area contributed by atoms with Crippen molar-refractivity contribution >= 4 is 46.6 Å². The number of likely N-dealkylation sites (N-methyl/N-ethyl adjacent to an activating group) is 1. The second-order valence-corrected chi connectivity index (χ2v) is 7.99. The van der Waals surface area contributed by atoms with Crippen LogP contribution in [0, 0.1) is 0 Å². The van der Waals surface area contributed by atoms with Crippen LogP contribution >= 0.6 is 35.5 Å². The van der Waals surface area contributed by atoms with Crippen molar-refractivity contribution < 1.29 is 0 Å². The molecule has 1 aliphatic carbocycles. The molecule has 0 bridgehead atoms. The minimum Gasteiger partial charge on any atom is -0.357 e. The molecule has 9 heteroatoms. The lowest BCUT2D eigenvalue weighted by Gasteiger charge is -2.36. The maximum absolute atomic E-state index is 4.93. The first-order valence-corrected chi connectivity index (χ1v) is 10.7. The van der Waals surface area contributed by atoms with Gasteiger partial charge in [0.25, 0.3) is 0 Å². The average Bonchev–Trinajstić information content (AvgIpc) is 3.41. The number of hydrogen-bond acceptors (Lipinski definition) is 6. The van der Waals surface area contributed by atoms with Crippen LogP contribution < -0.4 is 10.2 Å². The monoisotopic (exact) mass is 507 g/mol. The van der Waals surface area contributed by atoms with Crippen LogP contribution in [0.5, 0.6) is 0 Å². The third-order valence-corrected chi connectivity index (χ3v) is 6.10. The van der Waals surface area contributed by atoms with E-state index in [1.807, 2.05) is 0 Å². The number of aryl methyl sites for hydroxylation is 1. The normalized spacial score (nSPS) is 19.2. The summed E-state index contributed by atoms with van der Waals surface area (Å²) < 4.78 is 4.41. The summed E-state index contributed by atoms with van der Waals surface area (Å²) in [5.41, 5.74) is 0. The van der Waals surface area contributed by atoms with Gasteiger partial charge in [-0.1, -0.05) is 6.92 Å². The van der Waals surface area contributed by atoms with E-state index in [2.05, 4.69) is 57.2 Å². The van der Waals surface area contributed by atoms with E-state index in [0.717, 1.165) is 68.6 Å². The van der Waals surface area contributed by atoms with Gasteiger partial charge in [-0.05, 0) is 33.7 Å². The van der Waals surface area contributed by atoms with Gasteiger partial charge in [-0.25, -0.2) is 4.98 Å². The molecule has 1 aromatic rings. The minimum absolute atomic E-state index is 0. The predicted octanol–water partition coefficient (Wildman–Crippen LogP) is 2.29. The van der Waals surface area contributed by atoms with Crippen LogP contribution in [-0.2, 0) is 6.42 Å². The van der Waals surface area contributed by atoms with Gasteiger partial charge in [0.05, 0.1) is 6.54 Å². The summed E-state index contributed by atoms with van der Waals surface area (Å²) in [5.74, 6) is 2.01. The molecule has 0 radical (unpaired) electrons. The fourth-order valence-corrected chi connectivity index (χ4v) is 4.04. The number of piperazine rings is 1. The number of aliphatic imine (C=N–C) groups is 1. The first kappa shape index (κ1) is 22.6. The van der Waals surface area contributed by atoms with E-state index >= 15 is 0 Å². The van der Waals surface area contributed by atoms with E-state index in [-0.39, 0.29) is 24.0 Å². The zero-order chi connectivity index (χ0) is 18.5. The Morgan fingerprint density at radius 1 is 1.30 bits per heavy atom. The van der Waals surface area contributed by atoms with Gasteiger partial charge in [0.15, 0.2) is 5.96 Å². The molecule has 3 rings (SSSR count). The number of halogens is 1. The topological polar surface area (TPSA) is 59.9 Å². The lowest BCUT2D eigenvalue weighted by molar-refractivity contribution is 0.252. The highest BCUT2D eigenvalue weighted by Crippen LogP contribution is 2.27. The average molecular weight is 507 g/mol. The minimum atomic E-state index is 0. The Bertz CT molecular complexity index is 596. The van der Waals surface area contributed by atoms with E-state index in [0.29, 0.717) is 6.04 Å². The van der Waals surface area contributed by atoms with Crippen molar-refractivity contribution in [3.05, 3.63) is 5.82 Å². The standard InChI is InChI=1S/C18H33N7S.HI/c1-5-16-21-18(26-22-16)25-11-9-24(10-12-25)17(19-6-2)20-13-14(3)23(4)15-7-8-15;/h14-15H,5-13H2,1-4H3,(H,19,20);1H. The largest absolute Gasteiger partial charge is 0.357 e. The number of aromatic nitrogens is 2. The molecule has 7 nitrogen and oxygen atoms in total. The number of nitrogens with one attached hydrogen (secondary N) is 1. The first-order chi connectivity index (χ1) is 12.6. The molecule has 154 valence electrons. The highest BCUT2D eigenvalue weighted by atomic mass is 127. The highest BCUT2D eigenvalue weighted by Gasteiger charge is 2.29.